The van der Waals surface area contributed by atoms with Crippen molar-refractivity contribution in [2.45, 2.75) is 96.2 Å². The molecule has 2 unspecified atom stereocenters. The van der Waals surface area contributed by atoms with E-state index in [1.807, 2.05) is 21.1 Å². The minimum absolute atomic E-state index is 0.148. The number of likely N-dealkylation sites (N-methyl/N-ethyl adjacent to an activating group) is 1. The Kier molecular flexibility index (Phi) is 15.6. The van der Waals surface area contributed by atoms with Crippen molar-refractivity contribution in [1.29, 1.82) is 0 Å². The Morgan fingerprint density at radius 1 is 1.00 bits per heavy atom. The third-order valence-electron chi connectivity index (χ3n) is 4.67. The lowest BCUT2D eigenvalue weighted by Gasteiger charge is -2.28. The first-order valence-electron chi connectivity index (χ1n) is 11.2. The van der Waals surface area contributed by atoms with Gasteiger partial charge in [-0.1, -0.05) is 51.2 Å². The van der Waals surface area contributed by atoms with Crippen molar-refractivity contribution in [3.8, 4) is 0 Å². The van der Waals surface area contributed by atoms with Crippen molar-refractivity contribution in [2.75, 3.05) is 27.7 Å². The van der Waals surface area contributed by atoms with Gasteiger partial charge in [0.1, 0.15) is 6.54 Å². The van der Waals surface area contributed by atoms with Crippen molar-refractivity contribution in [1.82, 2.24) is 0 Å². The highest BCUT2D eigenvalue weighted by Gasteiger charge is 2.24. The zero-order chi connectivity index (χ0) is 22.1. The van der Waals surface area contributed by atoms with Crippen LogP contribution in [-0.2, 0) is 14.3 Å². The summed E-state index contributed by atoms with van der Waals surface area (Å²) in [6.45, 7) is 2.62. The minimum atomic E-state index is -0.944. The lowest BCUT2D eigenvalue weighted by molar-refractivity contribution is -0.873. The number of esters is 1. The summed E-state index contributed by atoms with van der Waals surface area (Å²) < 4.78 is 5.94. The van der Waals surface area contributed by atoms with E-state index < -0.39 is 12.1 Å². The molecule has 6 heteroatoms. The summed E-state index contributed by atoms with van der Waals surface area (Å²) in [7, 11) is 5.85. The smallest absolute Gasteiger partial charge is 0.307 e. The Hall–Kier alpha value is -1.40. The molecule has 0 rings (SSSR count). The van der Waals surface area contributed by atoms with E-state index in [9.17, 15) is 14.7 Å². The van der Waals surface area contributed by atoms with Crippen LogP contribution in [0.15, 0.2) is 12.2 Å². The van der Waals surface area contributed by atoms with E-state index >= 15 is 0 Å². The van der Waals surface area contributed by atoms with Gasteiger partial charge in [0.2, 0.25) is 0 Å². The van der Waals surface area contributed by atoms with Crippen LogP contribution in [0, 0.1) is 0 Å². The van der Waals surface area contributed by atoms with E-state index in [0.29, 0.717) is 17.4 Å². The average Bonchev–Trinajstić information content (AvgIpc) is 2.59. The number of allylic oxidation sites excluding steroid dienone is 1. The molecule has 0 aromatic carbocycles. The summed E-state index contributed by atoms with van der Waals surface area (Å²) in [5.74, 6) is -1.24. The zero-order valence-corrected chi connectivity index (χ0v) is 19.1. The van der Waals surface area contributed by atoms with Crippen LogP contribution < -0.4 is 0 Å². The largest absolute Gasteiger partial charge is 0.481 e. The van der Waals surface area contributed by atoms with E-state index in [1.165, 1.54) is 0 Å². The van der Waals surface area contributed by atoms with Crippen molar-refractivity contribution in [3.05, 3.63) is 12.2 Å². The Morgan fingerprint density at radius 2 is 1.66 bits per heavy atom. The molecule has 0 aliphatic heterocycles. The van der Waals surface area contributed by atoms with Crippen molar-refractivity contribution >= 4 is 11.9 Å². The molecular formula is C23H44NO5+. The maximum Gasteiger partial charge on any atom is 0.307 e. The molecule has 0 radical (unpaired) electrons. The van der Waals surface area contributed by atoms with Gasteiger partial charge < -0.3 is 19.4 Å². The molecule has 0 amide bonds. The molecule has 6 nitrogen and oxygen atoms in total. The molecule has 0 aliphatic carbocycles. The van der Waals surface area contributed by atoms with Gasteiger partial charge in [-0.25, -0.2) is 0 Å². The van der Waals surface area contributed by atoms with Gasteiger partial charge in [0.05, 0.1) is 33.7 Å². The maximum absolute atomic E-state index is 12.0. The normalized spacial score (nSPS) is 14.1. The van der Waals surface area contributed by atoms with Crippen LogP contribution in [0.1, 0.15) is 84.0 Å². The molecule has 0 bridgehead atoms. The van der Waals surface area contributed by atoms with Crippen LogP contribution in [0.3, 0.4) is 0 Å². The molecule has 0 fully saturated rings. The van der Waals surface area contributed by atoms with E-state index in [0.717, 1.165) is 64.2 Å². The molecule has 0 saturated carbocycles. The molecule has 0 saturated heterocycles. The van der Waals surface area contributed by atoms with E-state index in [2.05, 4.69) is 19.1 Å². The van der Waals surface area contributed by atoms with Gasteiger partial charge in [-0.2, -0.15) is 0 Å². The van der Waals surface area contributed by atoms with Gasteiger partial charge in [0, 0.05) is 6.42 Å². The number of aliphatic hydroxyl groups excluding tert-OH is 1. The second kappa shape index (κ2) is 16.4. The molecular weight excluding hydrogens is 370 g/mol. The van der Waals surface area contributed by atoms with E-state index in [-0.39, 0.29) is 18.5 Å². The number of aliphatic carboxylic acids is 1. The summed E-state index contributed by atoms with van der Waals surface area (Å²) in [5.41, 5.74) is 0. The Bertz CT molecular complexity index is 470. The summed E-state index contributed by atoms with van der Waals surface area (Å²) in [4.78, 5) is 23.0. The number of hydrogen-bond donors (Lipinski definition) is 2. The highest BCUT2D eigenvalue weighted by molar-refractivity contribution is 5.71. The van der Waals surface area contributed by atoms with Crippen LogP contribution in [0.25, 0.3) is 0 Å². The molecule has 2 N–H and O–H groups in total. The van der Waals surface area contributed by atoms with Crippen LogP contribution >= 0.6 is 0 Å². The minimum Gasteiger partial charge on any atom is -0.481 e. The van der Waals surface area contributed by atoms with Gasteiger partial charge in [0.15, 0.2) is 6.10 Å². The van der Waals surface area contributed by atoms with E-state index in [1.54, 1.807) is 0 Å². The summed E-state index contributed by atoms with van der Waals surface area (Å²) >= 11 is 0. The molecule has 29 heavy (non-hydrogen) atoms. The fourth-order valence-corrected chi connectivity index (χ4v) is 3.18. The average molecular weight is 415 g/mol. The number of hydrogen-bond acceptors (Lipinski definition) is 4. The predicted molar refractivity (Wildman–Crippen MR) is 117 cm³/mol. The number of carbonyl (C=O) groups is 2. The van der Waals surface area contributed by atoms with Crippen molar-refractivity contribution < 1.29 is 29.0 Å². The number of unbranched alkanes of at least 4 members (excludes halogenated alkanes) is 6. The second-order valence-electron chi connectivity index (χ2n) is 8.99. The zero-order valence-electron chi connectivity index (χ0n) is 19.1. The third kappa shape index (κ3) is 19.7. The third-order valence-corrected chi connectivity index (χ3v) is 4.67. The second-order valence-corrected chi connectivity index (χ2v) is 8.99. The highest BCUT2D eigenvalue weighted by atomic mass is 16.5. The molecule has 0 spiro atoms. The van der Waals surface area contributed by atoms with E-state index in [4.69, 9.17) is 9.84 Å². The lowest BCUT2D eigenvalue weighted by Crippen LogP contribution is -2.43. The Labute approximate surface area is 177 Å². The maximum atomic E-state index is 12.0. The summed E-state index contributed by atoms with van der Waals surface area (Å²) in [6.07, 6.45) is 13.6. The molecule has 0 aromatic heterocycles. The predicted octanol–water partition coefficient (Wildman–Crippen LogP) is 4.31. The summed E-state index contributed by atoms with van der Waals surface area (Å²) in [6, 6.07) is 0. The fourth-order valence-electron chi connectivity index (χ4n) is 3.18. The first-order valence-corrected chi connectivity index (χ1v) is 11.2. The molecule has 0 aromatic rings. The van der Waals surface area contributed by atoms with Crippen LogP contribution in [0.5, 0.6) is 0 Å². The molecule has 0 aliphatic rings. The number of ether oxygens (including phenoxy) is 1. The van der Waals surface area contributed by atoms with Crippen LogP contribution in [0.2, 0.25) is 0 Å². The standard InChI is InChI=1S/C23H43NO5/c1-5-6-15-20(25)16-13-11-9-7-8-10-12-14-17-23(28)29-21(18-22(26)27)19-24(2,3)4/h11,13,20-21,25H,5-10,12,14-19H2,1-4H3/p+1/b13-11+. The van der Waals surface area contributed by atoms with Gasteiger partial charge in [0.25, 0.3) is 0 Å². The SMILES string of the molecule is CCCCC(O)C/C=C/CCCCCCCC(=O)OC(CC(=O)O)C[N+](C)(C)C. The topological polar surface area (TPSA) is 83.8 Å². The Balaban J connectivity index is 3.78. The number of carboxylic acid groups (broad SMARTS) is 1. The number of rotatable bonds is 18. The number of carbonyl (C=O) groups excluding carboxylic acids is 1. The highest BCUT2D eigenvalue weighted by Crippen LogP contribution is 2.11. The van der Waals surface area contributed by atoms with Crippen LogP contribution in [0.4, 0.5) is 0 Å². The van der Waals surface area contributed by atoms with Gasteiger partial charge in [-0.05, 0) is 32.1 Å². The van der Waals surface area contributed by atoms with Crippen LogP contribution in [-0.4, -0.2) is 66.5 Å². The number of carboxylic acids is 1. The van der Waals surface area contributed by atoms with Gasteiger partial charge >= 0.3 is 11.9 Å². The number of nitrogens with zero attached hydrogens (tertiary/aromatic N) is 1. The quantitative estimate of drug-likeness (QED) is 0.151. The van der Waals surface area contributed by atoms with Crippen molar-refractivity contribution in [3.63, 3.8) is 0 Å². The van der Waals surface area contributed by atoms with Gasteiger partial charge in [-0.15, -0.1) is 0 Å². The van der Waals surface area contributed by atoms with Crippen molar-refractivity contribution in [2.24, 2.45) is 0 Å². The number of quaternary nitrogens is 1. The monoisotopic (exact) mass is 414 g/mol. The Morgan fingerprint density at radius 3 is 2.28 bits per heavy atom. The summed E-state index contributed by atoms with van der Waals surface area (Å²) in [5, 5.41) is 18.7. The first kappa shape index (κ1) is 27.6. The molecule has 0 heterocycles. The number of aliphatic hydroxyl groups is 1. The molecule has 170 valence electrons. The van der Waals surface area contributed by atoms with Gasteiger partial charge in [-0.3, -0.25) is 9.59 Å². The first-order chi connectivity index (χ1) is 13.6. The lowest BCUT2D eigenvalue weighted by atomic mass is 10.1. The fraction of sp³-hybridized carbons (Fsp3) is 0.826. The molecule has 2 atom stereocenters.